The van der Waals surface area contributed by atoms with Crippen LogP contribution in [0.2, 0.25) is 0 Å². The van der Waals surface area contributed by atoms with Crippen LogP contribution in [0, 0.1) is 0 Å². The zero-order chi connectivity index (χ0) is 23.6. The summed E-state index contributed by atoms with van der Waals surface area (Å²) in [5.74, 6) is 1.45. The van der Waals surface area contributed by atoms with Gasteiger partial charge in [0.05, 0.1) is 12.5 Å². The van der Waals surface area contributed by atoms with Gasteiger partial charge < -0.3 is 19.9 Å². The lowest BCUT2D eigenvalue weighted by Gasteiger charge is -2.13. The lowest BCUT2D eigenvalue weighted by Crippen LogP contribution is -2.30. The molecule has 0 aliphatic carbocycles. The van der Waals surface area contributed by atoms with Crippen molar-refractivity contribution >= 4 is 21.7 Å². The van der Waals surface area contributed by atoms with E-state index in [2.05, 4.69) is 45.3 Å². The Kier molecular flexibility index (Phi) is 5.48. The van der Waals surface area contributed by atoms with Crippen molar-refractivity contribution in [3.63, 3.8) is 0 Å². The topological polar surface area (TPSA) is 90.0 Å². The van der Waals surface area contributed by atoms with Crippen molar-refractivity contribution in [3.8, 4) is 28.3 Å². The first-order chi connectivity index (χ1) is 17.2. The van der Waals surface area contributed by atoms with Gasteiger partial charge in [-0.1, -0.05) is 30.3 Å². The second-order valence-corrected chi connectivity index (χ2v) is 8.65. The summed E-state index contributed by atoms with van der Waals surface area (Å²) in [5, 5.41) is 3.34. The number of nitrogens with one attached hydrogen (secondary N) is 1. The van der Waals surface area contributed by atoms with Gasteiger partial charge in [-0.15, -0.1) is 0 Å². The Morgan fingerprint density at radius 2 is 1.86 bits per heavy atom. The van der Waals surface area contributed by atoms with Gasteiger partial charge in [-0.25, -0.2) is 0 Å². The normalized spacial score (nSPS) is 12.3. The van der Waals surface area contributed by atoms with Gasteiger partial charge in [-0.2, -0.15) is 0 Å². The molecule has 4 aromatic heterocycles. The summed E-state index contributed by atoms with van der Waals surface area (Å²) >= 11 is 0. The molecular formula is C29H24N4O2. The minimum Gasteiger partial charge on any atom is -0.490 e. The number of benzene rings is 2. The molecule has 172 valence electrons. The van der Waals surface area contributed by atoms with Crippen molar-refractivity contribution in [3.05, 3.63) is 103 Å². The van der Waals surface area contributed by atoms with Crippen LogP contribution >= 0.6 is 0 Å². The molecule has 0 radical (unpaired) electrons. The number of H-pyrrole nitrogens is 1. The van der Waals surface area contributed by atoms with Crippen molar-refractivity contribution < 1.29 is 9.15 Å². The molecule has 2 aromatic carbocycles. The van der Waals surface area contributed by atoms with E-state index in [9.17, 15) is 0 Å². The minimum absolute atomic E-state index is 0.133. The van der Waals surface area contributed by atoms with Crippen LogP contribution in [-0.2, 0) is 6.42 Å². The average molecular weight is 461 g/mol. The molecule has 6 nitrogen and oxygen atoms in total. The van der Waals surface area contributed by atoms with Gasteiger partial charge in [0.15, 0.2) is 5.76 Å². The summed E-state index contributed by atoms with van der Waals surface area (Å²) in [4.78, 5) is 12.2. The summed E-state index contributed by atoms with van der Waals surface area (Å²) < 4.78 is 11.5. The molecule has 6 rings (SSSR count). The number of ether oxygens (including phenoxy) is 1. The molecule has 0 fully saturated rings. The number of hydrogen-bond donors (Lipinski definition) is 2. The van der Waals surface area contributed by atoms with Crippen LogP contribution in [0.1, 0.15) is 5.56 Å². The lowest BCUT2D eigenvalue weighted by molar-refractivity contribution is 0.287. The summed E-state index contributed by atoms with van der Waals surface area (Å²) in [5.41, 5.74) is 11.5. The number of rotatable bonds is 7. The van der Waals surface area contributed by atoms with E-state index in [-0.39, 0.29) is 6.04 Å². The molecule has 0 aliphatic rings. The van der Waals surface area contributed by atoms with E-state index in [1.54, 1.807) is 12.5 Å². The van der Waals surface area contributed by atoms with Crippen molar-refractivity contribution in [1.82, 2.24) is 15.0 Å². The molecular weight excluding hydrogens is 436 g/mol. The van der Waals surface area contributed by atoms with Crippen LogP contribution in [-0.4, -0.2) is 27.6 Å². The largest absolute Gasteiger partial charge is 0.490 e. The fourth-order valence-corrected chi connectivity index (χ4v) is 4.38. The highest BCUT2D eigenvalue weighted by Crippen LogP contribution is 2.29. The molecule has 0 saturated heterocycles. The number of pyridine rings is 2. The number of hydrogen-bond acceptors (Lipinski definition) is 5. The molecule has 6 heteroatoms. The number of para-hydroxylation sites is 1. The highest BCUT2D eigenvalue weighted by molar-refractivity contribution is 5.89. The third-order valence-electron chi connectivity index (χ3n) is 6.16. The van der Waals surface area contributed by atoms with Gasteiger partial charge in [0.2, 0.25) is 0 Å². The maximum atomic E-state index is 6.40. The number of nitrogens with two attached hydrogens (primary N) is 1. The molecule has 0 saturated carbocycles. The average Bonchev–Trinajstić information content (AvgIpc) is 3.58. The van der Waals surface area contributed by atoms with Gasteiger partial charge in [0.25, 0.3) is 0 Å². The molecule has 1 atom stereocenters. The van der Waals surface area contributed by atoms with Crippen LogP contribution in [0.4, 0.5) is 0 Å². The molecule has 6 aromatic rings. The summed E-state index contributed by atoms with van der Waals surface area (Å²) in [7, 11) is 0. The molecule has 0 unspecified atom stereocenters. The van der Waals surface area contributed by atoms with E-state index >= 15 is 0 Å². The SMILES string of the molecule is N[C@H](COc1cncc(-c2ccc3cnc(-c4ccco4)cc3c2)c1)Cc1c[nH]c2ccccc12. The number of aromatic nitrogens is 3. The second kappa shape index (κ2) is 9.08. The molecule has 3 N–H and O–H groups in total. The first-order valence-electron chi connectivity index (χ1n) is 11.6. The Hall–Kier alpha value is -4.42. The van der Waals surface area contributed by atoms with Crippen LogP contribution < -0.4 is 10.5 Å². The predicted octanol–water partition coefficient (Wildman–Crippen LogP) is 5.99. The maximum absolute atomic E-state index is 6.40. The molecule has 0 amide bonds. The Morgan fingerprint density at radius 1 is 0.914 bits per heavy atom. The predicted molar refractivity (Wildman–Crippen MR) is 138 cm³/mol. The zero-order valence-electron chi connectivity index (χ0n) is 19.0. The molecule has 0 bridgehead atoms. The van der Waals surface area contributed by atoms with Crippen molar-refractivity contribution in [2.24, 2.45) is 5.73 Å². The van der Waals surface area contributed by atoms with E-state index in [1.165, 1.54) is 10.9 Å². The third kappa shape index (κ3) is 4.39. The number of furan rings is 1. The highest BCUT2D eigenvalue weighted by Gasteiger charge is 2.11. The first kappa shape index (κ1) is 21.1. The molecule has 4 heterocycles. The summed E-state index contributed by atoms with van der Waals surface area (Å²) in [6.07, 6.45) is 9.84. The van der Waals surface area contributed by atoms with Crippen LogP contribution in [0.5, 0.6) is 5.75 Å². The van der Waals surface area contributed by atoms with Gasteiger partial charge in [-0.3, -0.25) is 9.97 Å². The van der Waals surface area contributed by atoms with Crippen LogP contribution in [0.3, 0.4) is 0 Å². The summed E-state index contributed by atoms with van der Waals surface area (Å²) in [6.45, 7) is 0.403. The van der Waals surface area contributed by atoms with Crippen LogP contribution in [0.15, 0.2) is 102 Å². The van der Waals surface area contributed by atoms with Gasteiger partial charge >= 0.3 is 0 Å². The van der Waals surface area contributed by atoms with Gasteiger partial charge in [0.1, 0.15) is 18.1 Å². The maximum Gasteiger partial charge on any atom is 0.152 e. The zero-order valence-corrected chi connectivity index (χ0v) is 19.0. The standard InChI is InChI=1S/C29H24N4O2/c30-24(11-23-16-32-27-5-2-1-4-26(23)27)18-35-25-12-22(14-31-17-25)19-7-8-20-15-33-28(13-21(20)10-19)29-6-3-9-34-29/h1-10,12-17,24,32H,11,18,30H2/t24-/m0/s1. The summed E-state index contributed by atoms with van der Waals surface area (Å²) in [6, 6.07) is 22.2. The second-order valence-electron chi connectivity index (χ2n) is 8.65. The molecule has 0 spiro atoms. The monoisotopic (exact) mass is 460 g/mol. The minimum atomic E-state index is -0.133. The highest BCUT2D eigenvalue weighted by atomic mass is 16.5. The van der Waals surface area contributed by atoms with E-state index in [1.807, 2.05) is 55.0 Å². The Morgan fingerprint density at radius 3 is 2.77 bits per heavy atom. The third-order valence-corrected chi connectivity index (χ3v) is 6.16. The first-order valence-corrected chi connectivity index (χ1v) is 11.6. The smallest absolute Gasteiger partial charge is 0.152 e. The number of nitrogens with zero attached hydrogens (tertiary/aromatic N) is 2. The van der Waals surface area contributed by atoms with Crippen LogP contribution in [0.25, 0.3) is 44.3 Å². The Labute approximate surface area is 202 Å². The van der Waals surface area contributed by atoms with Crippen molar-refractivity contribution in [2.75, 3.05) is 6.61 Å². The van der Waals surface area contributed by atoms with Crippen molar-refractivity contribution in [1.29, 1.82) is 0 Å². The van der Waals surface area contributed by atoms with E-state index in [0.717, 1.165) is 45.3 Å². The van der Waals surface area contributed by atoms with Gasteiger partial charge in [0, 0.05) is 46.5 Å². The lowest BCUT2D eigenvalue weighted by atomic mass is 10.0. The number of fused-ring (bicyclic) bond motifs is 2. The van der Waals surface area contributed by atoms with E-state index in [4.69, 9.17) is 14.9 Å². The van der Waals surface area contributed by atoms with Gasteiger partial charge in [-0.05, 0) is 59.3 Å². The van der Waals surface area contributed by atoms with Crippen molar-refractivity contribution in [2.45, 2.75) is 12.5 Å². The molecule has 0 aliphatic heterocycles. The molecule has 35 heavy (non-hydrogen) atoms. The fourth-order valence-electron chi connectivity index (χ4n) is 4.38. The Balaban J connectivity index is 1.18. The number of aromatic amines is 1. The van der Waals surface area contributed by atoms with E-state index in [0.29, 0.717) is 12.4 Å². The Bertz CT molecular complexity index is 1600. The van der Waals surface area contributed by atoms with E-state index < -0.39 is 0 Å². The fraction of sp³-hybridized carbons (Fsp3) is 0.103. The quantitative estimate of drug-likeness (QED) is 0.306.